The monoisotopic (exact) mass is 399 g/mol. The zero-order valence-electron chi connectivity index (χ0n) is 15.5. The summed E-state index contributed by atoms with van der Waals surface area (Å²) in [6.45, 7) is 5.88. The SMILES string of the molecule is Cc1cc(C)c(NC(=O)CNC(=O)Cc2csc(-c3cccs3)n2)c(C)c1. The van der Waals surface area contributed by atoms with E-state index in [2.05, 4.69) is 15.6 Å². The molecule has 3 aromatic rings. The van der Waals surface area contributed by atoms with Crippen LogP contribution in [0.2, 0.25) is 0 Å². The number of aromatic nitrogens is 1. The normalized spacial score (nSPS) is 10.6. The number of anilines is 1. The van der Waals surface area contributed by atoms with Crippen molar-refractivity contribution in [2.45, 2.75) is 27.2 Å². The summed E-state index contributed by atoms with van der Waals surface area (Å²) in [5.41, 5.74) is 4.69. The molecule has 2 aromatic heterocycles. The Hall–Kier alpha value is -2.51. The molecule has 0 saturated heterocycles. The van der Waals surface area contributed by atoms with Crippen LogP contribution in [0.3, 0.4) is 0 Å². The minimum absolute atomic E-state index is 0.0620. The van der Waals surface area contributed by atoms with Crippen LogP contribution in [0.4, 0.5) is 5.69 Å². The third kappa shape index (κ3) is 5.02. The maximum atomic E-state index is 12.2. The second kappa shape index (κ2) is 8.45. The highest BCUT2D eigenvalue weighted by Gasteiger charge is 2.12. The van der Waals surface area contributed by atoms with E-state index >= 15 is 0 Å². The van der Waals surface area contributed by atoms with Gasteiger partial charge in [0.1, 0.15) is 5.01 Å². The van der Waals surface area contributed by atoms with Gasteiger partial charge < -0.3 is 10.6 Å². The van der Waals surface area contributed by atoms with Crippen molar-refractivity contribution < 1.29 is 9.59 Å². The van der Waals surface area contributed by atoms with Crippen molar-refractivity contribution in [1.29, 1.82) is 0 Å². The lowest BCUT2D eigenvalue weighted by atomic mass is 10.1. The summed E-state index contributed by atoms with van der Waals surface area (Å²) < 4.78 is 0. The number of carbonyl (C=O) groups excluding carboxylic acids is 2. The Kier molecular flexibility index (Phi) is 6.03. The first-order chi connectivity index (χ1) is 12.9. The maximum absolute atomic E-state index is 12.2. The molecule has 0 atom stereocenters. The van der Waals surface area contributed by atoms with Gasteiger partial charge in [-0.2, -0.15) is 0 Å². The van der Waals surface area contributed by atoms with Gasteiger partial charge in [0.25, 0.3) is 0 Å². The lowest BCUT2D eigenvalue weighted by Crippen LogP contribution is -2.34. The Labute approximate surface area is 166 Å². The van der Waals surface area contributed by atoms with E-state index in [1.54, 1.807) is 11.3 Å². The highest BCUT2D eigenvalue weighted by Crippen LogP contribution is 2.27. The minimum Gasteiger partial charge on any atom is -0.347 e. The van der Waals surface area contributed by atoms with Gasteiger partial charge in [-0.1, -0.05) is 23.8 Å². The van der Waals surface area contributed by atoms with Gasteiger partial charge in [-0.3, -0.25) is 9.59 Å². The topological polar surface area (TPSA) is 71.1 Å². The molecule has 27 heavy (non-hydrogen) atoms. The fourth-order valence-corrected chi connectivity index (χ4v) is 4.50. The molecule has 7 heteroatoms. The summed E-state index contributed by atoms with van der Waals surface area (Å²) in [7, 11) is 0. The van der Waals surface area contributed by atoms with Gasteiger partial charge in [0, 0.05) is 11.1 Å². The first kappa shape index (κ1) is 19.3. The van der Waals surface area contributed by atoms with Gasteiger partial charge in [-0.05, 0) is 43.3 Å². The summed E-state index contributed by atoms with van der Waals surface area (Å²) in [6.07, 6.45) is 0.164. The molecule has 3 rings (SSSR count). The van der Waals surface area contributed by atoms with Crippen LogP contribution in [-0.4, -0.2) is 23.3 Å². The van der Waals surface area contributed by atoms with Crippen LogP contribution in [0.15, 0.2) is 35.0 Å². The van der Waals surface area contributed by atoms with E-state index in [-0.39, 0.29) is 24.8 Å². The molecule has 0 fully saturated rings. The standard InChI is InChI=1S/C20H21N3O2S2/c1-12-7-13(2)19(14(3)8-12)23-18(25)10-21-17(24)9-15-11-27-20(22-15)16-5-4-6-26-16/h4-8,11H,9-10H2,1-3H3,(H,21,24)(H,23,25). The minimum atomic E-state index is -0.240. The third-order valence-electron chi connectivity index (χ3n) is 4.01. The number of thiazole rings is 1. The number of hydrogen-bond acceptors (Lipinski definition) is 5. The fraction of sp³-hybridized carbons (Fsp3) is 0.250. The fourth-order valence-electron chi connectivity index (χ4n) is 2.87. The average Bonchev–Trinajstić information content (AvgIpc) is 3.27. The van der Waals surface area contributed by atoms with Crippen LogP contribution < -0.4 is 10.6 Å². The largest absolute Gasteiger partial charge is 0.347 e. The number of aryl methyl sites for hydroxylation is 3. The molecule has 140 valence electrons. The van der Waals surface area contributed by atoms with Crippen LogP contribution >= 0.6 is 22.7 Å². The predicted molar refractivity (Wildman–Crippen MR) is 111 cm³/mol. The molecule has 2 heterocycles. The van der Waals surface area contributed by atoms with Crippen LogP contribution in [0, 0.1) is 20.8 Å². The van der Waals surface area contributed by atoms with Crippen molar-refractivity contribution in [3.8, 4) is 9.88 Å². The second-order valence-corrected chi connectivity index (χ2v) is 8.20. The zero-order valence-corrected chi connectivity index (χ0v) is 17.1. The van der Waals surface area contributed by atoms with Crippen LogP contribution in [-0.2, 0) is 16.0 Å². The van der Waals surface area contributed by atoms with Gasteiger partial charge in [0.2, 0.25) is 11.8 Å². The molecule has 0 saturated carbocycles. The Balaban J connectivity index is 1.51. The van der Waals surface area contributed by atoms with Crippen molar-refractivity contribution in [3.05, 3.63) is 57.4 Å². The Morgan fingerprint density at radius 3 is 2.48 bits per heavy atom. The van der Waals surface area contributed by atoms with Crippen molar-refractivity contribution in [2.24, 2.45) is 0 Å². The molecule has 0 radical (unpaired) electrons. The molecule has 2 amide bonds. The van der Waals surface area contributed by atoms with Gasteiger partial charge >= 0.3 is 0 Å². The van der Waals surface area contributed by atoms with Crippen molar-refractivity contribution in [2.75, 3.05) is 11.9 Å². The van der Waals surface area contributed by atoms with E-state index in [1.165, 1.54) is 11.3 Å². The third-order valence-corrected chi connectivity index (χ3v) is 5.94. The van der Waals surface area contributed by atoms with Gasteiger partial charge in [0.15, 0.2) is 0 Å². The number of nitrogens with one attached hydrogen (secondary N) is 2. The lowest BCUT2D eigenvalue weighted by molar-refractivity contribution is -0.123. The molecular weight excluding hydrogens is 378 g/mol. The molecule has 0 aliphatic rings. The molecule has 0 aliphatic carbocycles. The Morgan fingerprint density at radius 2 is 1.81 bits per heavy atom. The second-order valence-electron chi connectivity index (χ2n) is 6.40. The van der Waals surface area contributed by atoms with E-state index in [9.17, 15) is 9.59 Å². The average molecular weight is 400 g/mol. The summed E-state index contributed by atoms with van der Waals surface area (Å²) in [4.78, 5) is 29.9. The quantitative estimate of drug-likeness (QED) is 0.656. The molecule has 5 nitrogen and oxygen atoms in total. The van der Waals surface area contributed by atoms with E-state index in [0.29, 0.717) is 5.69 Å². The first-order valence-electron chi connectivity index (χ1n) is 8.55. The molecule has 0 unspecified atom stereocenters. The molecule has 0 spiro atoms. The molecular formula is C20H21N3O2S2. The number of carbonyl (C=O) groups is 2. The molecule has 2 N–H and O–H groups in total. The van der Waals surface area contributed by atoms with Crippen LogP contribution in [0.25, 0.3) is 9.88 Å². The van der Waals surface area contributed by atoms with Crippen molar-refractivity contribution in [3.63, 3.8) is 0 Å². The Morgan fingerprint density at radius 1 is 1.07 bits per heavy atom. The number of benzene rings is 1. The van der Waals surface area contributed by atoms with E-state index in [4.69, 9.17) is 0 Å². The number of hydrogen-bond donors (Lipinski definition) is 2. The number of amides is 2. The van der Waals surface area contributed by atoms with Gasteiger partial charge in [0.05, 0.1) is 23.5 Å². The van der Waals surface area contributed by atoms with E-state index in [0.717, 1.165) is 32.3 Å². The smallest absolute Gasteiger partial charge is 0.243 e. The molecule has 1 aromatic carbocycles. The van der Waals surface area contributed by atoms with Crippen molar-refractivity contribution >= 4 is 40.2 Å². The first-order valence-corrected chi connectivity index (χ1v) is 10.3. The van der Waals surface area contributed by atoms with Crippen molar-refractivity contribution in [1.82, 2.24) is 10.3 Å². The predicted octanol–water partition coefficient (Wildman–Crippen LogP) is 4.09. The summed E-state index contributed by atoms with van der Waals surface area (Å²) in [6, 6.07) is 8.03. The molecule has 0 aliphatic heterocycles. The van der Waals surface area contributed by atoms with E-state index < -0.39 is 0 Å². The van der Waals surface area contributed by atoms with Crippen LogP contribution in [0.5, 0.6) is 0 Å². The maximum Gasteiger partial charge on any atom is 0.243 e. The number of rotatable bonds is 6. The Bertz CT molecular complexity index is 939. The zero-order chi connectivity index (χ0) is 19.4. The highest BCUT2D eigenvalue weighted by molar-refractivity contribution is 7.20. The van der Waals surface area contributed by atoms with Gasteiger partial charge in [-0.15, -0.1) is 22.7 Å². The lowest BCUT2D eigenvalue weighted by Gasteiger charge is -2.13. The van der Waals surface area contributed by atoms with Gasteiger partial charge in [-0.25, -0.2) is 4.98 Å². The van der Waals surface area contributed by atoms with E-state index in [1.807, 2.05) is 55.8 Å². The summed E-state index contributed by atoms with van der Waals surface area (Å²) in [5, 5.41) is 10.3. The highest BCUT2D eigenvalue weighted by atomic mass is 32.1. The molecule has 0 bridgehead atoms. The van der Waals surface area contributed by atoms with Crippen LogP contribution in [0.1, 0.15) is 22.4 Å². The summed E-state index contributed by atoms with van der Waals surface area (Å²) in [5.74, 6) is -0.457. The summed E-state index contributed by atoms with van der Waals surface area (Å²) >= 11 is 3.14. The number of nitrogens with zero attached hydrogens (tertiary/aromatic N) is 1. The number of thiophene rings is 1.